The van der Waals surface area contributed by atoms with E-state index in [1.807, 2.05) is 0 Å². The molecule has 5 nitrogen and oxygen atoms in total. The lowest BCUT2D eigenvalue weighted by atomic mass is 10.2. The zero-order valence-electron chi connectivity index (χ0n) is 8.19. The van der Waals surface area contributed by atoms with Crippen LogP contribution in [0.4, 0.5) is 0 Å². The Bertz CT molecular complexity index is 186. The van der Waals surface area contributed by atoms with Gasteiger partial charge in [0.05, 0.1) is 19.1 Å². The van der Waals surface area contributed by atoms with Crippen LogP contribution in [-0.2, 0) is 9.53 Å². The molecule has 5 heteroatoms. The number of carbonyl (C=O) groups is 1. The van der Waals surface area contributed by atoms with E-state index in [0.29, 0.717) is 13.2 Å². The third kappa shape index (κ3) is 4.04. The number of morpholine rings is 1. The van der Waals surface area contributed by atoms with Crippen molar-refractivity contribution in [3.05, 3.63) is 0 Å². The van der Waals surface area contributed by atoms with E-state index in [4.69, 9.17) is 14.9 Å². The normalized spacial score (nSPS) is 23.6. The van der Waals surface area contributed by atoms with E-state index in [2.05, 4.69) is 4.90 Å². The van der Waals surface area contributed by atoms with Crippen LogP contribution in [-0.4, -0.2) is 60.0 Å². The Balaban J connectivity index is 2.24. The number of hydrogen-bond donors (Lipinski definition) is 2. The summed E-state index contributed by atoms with van der Waals surface area (Å²) in [4.78, 5) is 12.6. The standard InChI is InChI=1S/C9H17NO4/c11-4-1-2-10-3-5-14-8(7-10)6-9(12)13/h8,11H,1-7H2,(H,12,13). The largest absolute Gasteiger partial charge is 0.481 e. The predicted molar refractivity (Wildman–Crippen MR) is 50.1 cm³/mol. The zero-order chi connectivity index (χ0) is 10.4. The van der Waals surface area contributed by atoms with Gasteiger partial charge < -0.3 is 14.9 Å². The fourth-order valence-electron chi connectivity index (χ4n) is 1.60. The van der Waals surface area contributed by atoms with E-state index in [1.54, 1.807) is 0 Å². The fourth-order valence-corrected chi connectivity index (χ4v) is 1.60. The molecule has 14 heavy (non-hydrogen) atoms. The summed E-state index contributed by atoms with van der Waals surface area (Å²) < 4.78 is 5.31. The van der Waals surface area contributed by atoms with Crippen LogP contribution < -0.4 is 0 Å². The first-order valence-electron chi connectivity index (χ1n) is 4.89. The van der Waals surface area contributed by atoms with Crippen molar-refractivity contribution in [1.82, 2.24) is 4.90 Å². The molecule has 1 heterocycles. The van der Waals surface area contributed by atoms with Gasteiger partial charge in [-0.3, -0.25) is 9.69 Å². The van der Waals surface area contributed by atoms with E-state index < -0.39 is 5.97 Å². The van der Waals surface area contributed by atoms with Crippen molar-refractivity contribution in [3.8, 4) is 0 Å². The molecule has 2 N–H and O–H groups in total. The molecule has 0 radical (unpaired) electrons. The lowest BCUT2D eigenvalue weighted by Crippen LogP contribution is -2.43. The Morgan fingerprint density at radius 2 is 2.36 bits per heavy atom. The van der Waals surface area contributed by atoms with Gasteiger partial charge in [0.2, 0.25) is 0 Å². The van der Waals surface area contributed by atoms with Gasteiger partial charge in [0, 0.05) is 26.2 Å². The van der Waals surface area contributed by atoms with Crippen molar-refractivity contribution in [1.29, 1.82) is 0 Å². The second kappa shape index (κ2) is 5.95. The Hall–Kier alpha value is -0.650. The van der Waals surface area contributed by atoms with Crippen molar-refractivity contribution in [3.63, 3.8) is 0 Å². The van der Waals surface area contributed by atoms with E-state index >= 15 is 0 Å². The molecule has 0 amide bonds. The average molecular weight is 203 g/mol. The van der Waals surface area contributed by atoms with Gasteiger partial charge in [-0.05, 0) is 6.42 Å². The van der Waals surface area contributed by atoms with Crippen LogP contribution in [0, 0.1) is 0 Å². The minimum atomic E-state index is -0.820. The number of ether oxygens (including phenoxy) is 1. The van der Waals surface area contributed by atoms with Gasteiger partial charge >= 0.3 is 5.97 Å². The summed E-state index contributed by atoms with van der Waals surface area (Å²) in [5.41, 5.74) is 0. The number of rotatable bonds is 5. The molecule has 1 aliphatic heterocycles. The lowest BCUT2D eigenvalue weighted by molar-refractivity contribution is -0.142. The van der Waals surface area contributed by atoms with Crippen molar-refractivity contribution in [2.45, 2.75) is 18.9 Å². The maximum Gasteiger partial charge on any atom is 0.306 e. The van der Waals surface area contributed by atoms with Crippen LogP contribution in [0.2, 0.25) is 0 Å². The molecule has 0 bridgehead atoms. The number of nitrogens with zero attached hydrogens (tertiary/aromatic N) is 1. The fraction of sp³-hybridized carbons (Fsp3) is 0.889. The summed E-state index contributed by atoms with van der Waals surface area (Å²) in [5, 5.41) is 17.2. The Morgan fingerprint density at radius 3 is 3.00 bits per heavy atom. The molecular formula is C9H17NO4. The third-order valence-electron chi connectivity index (χ3n) is 2.26. The Morgan fingerprint density at radius 1 is 1.57 bits per heavy atom. The molecule has 0 saturated carbocycles. The number of carboxylic acids is 1. The highest BCUT2D eigenvalue weighted by Crippen LogP contribution is 2.08. The van der Waals surface area contributed by atoms with Crippen molar-refractivity contribution in [2.75, 3.05) is 32.8 Å². The number of hydrogen-bond acceptors (Lipinski definition) is 4. The molecule has 1 fully saturated rings. The Labute approximate surface area is 83.3 Å². The average Bonchev–Trinajstić information content (AvgIpc) is 2.14. The van der Waals surface area contributed by atoms with Gasteiger partial charge in [-0.25, -0.2) is 0 Å². The van der Waals surface area contributed by atoms with Gasteiger partial charge in [-0.15, -0.1) is 0 Å². The highest BCUT2D eigenvalue weighted by atomic mass is 16.5. The maximum atomic E-state index is 10.4. The topological polar surface area (TPSA) is 70.0 Å². The Kier molecular flexibility index (Phi) is 4.86. The smallest absolute Gasteiger partial charge is 0.306 e. The summed E-state index contributed by atoms with van der Waals surface area (Å²) in [6.45, 7) is 3.07. The second-order valence-electron chi connectivity index (χ2n) is 3.47. The lowest BCUT2D eigenvalue weighted by Gasteiger charge is -2.32. The third-order valence-corrected chi connectivity index (χ3v) is 2.26. The zero-order valence-corrected chi connectivity index (χ0v) is 8.19. The van der Waals surface area contributed by atoms with E-state index in [9.17, 15) is 4.79 Å². The van der Waals surface area contributed by atoms with Crippen LogP contribution in [0.5, 0.6) is 0 Å². The maximum absolute atomic E-state index is 10.4. The molecular weight excluding hydrogens is 186 g/mol. The monoisotopic (exact) mass is 203 g/mol. The van der Waals surface area contributed by atoms with Crippen molar-refractivity contribution < 1.29 is 19.7 Å². The summed E-state index contributed by atoms with van der Waals surface area (Å²) in [6.07, 6.45) is 0.607. The molecule has 82 valence electrons. The van der Waals surface area contributed by atoms with Gasteiger partial charge in [-0.1, -0.05) is 0 Å². The molecule has 1 saturated heterocycles. The highest BCUT2D eigenvalue weighted by molar-refractivity contribution is 5.67. The highest BCUT2D eigenvalue weighted by Gasteiger charge is 2.21. The van der Waals surface area contributed by atoms with Crippen LogP contribution in [0.3, 0.4) is 0 Å². The number of aliphatic hydroxyl groups excluding tert-OH is 1. The van der Waals surface area contributed by atoms with Gasteiger partial charge in [0.15, 0.2) is 0 Å². The molecule has 0 spiro atoms. The molecule has 0 aromatic heterocycles. The van der Waals surface area contributed by atoms with Gasteiger partial charge in [-0.2, -0.15) is 0 Å². The first kappa shape index (κ1) is 11.4. The molecule has 0 aromatic rings. The summed E-state index contributed by atoms with van der Waals surface area (Å²) in [7, 11) is 0. The minimum Gasteiger partial charge on any atom is -0.481 e. The summed E-state index contributed by atoms with van der Waals surface area (Å²) in [6, 6.07) is 0. The van der Waals surface area contributed by atoms with Crippen molar-refractivity contribution in [2.24, 2.45) is 0 Å². The quantitative estimate of drug-likeness (QED) is 0.633. The van der Waals surface area contributed by atoms with E-state index in [1.165, 1.54) is 0 Å². The van der Waals surface area contributed by atoms with Crippen molar-refractivity contribution >= 4 is 5.97 Å². The molecule has 1 unspecified atom stereocenters. The SMILES string of the molecule is O=C(O)CC1CN(CCCO)CCO1. The van der Waals surface area contributed by atoms with Crippen LogP contribution in [0.1, 0.15) is 12.8 Å². The molecule has 1 atom stereocenters. The van der Waals surface area contributed by atoms with Gasteiger partial charge in [0.25, 0.3) is 0 Å². The molecule has 0 aromatic carbocycles. The summed E-state index contributed by atoms with van der Waals surface area (Å²) >= 11 is 0. The number of aliphatic carboxylic acids is 1. The van der Waals surface area contributed by atoms with Gasteiger partial charge in [0.1, 0.15) is 0 Å². The van der Waals surface area contributed by atoms with Crippen LogP contribution >= 0.6 is 0 Å². The van der Waals surface area contributed by atoms with Crippen LogP contribution in [0.25, 0.3) is 0 Å². The van der Waals surface area contributed by atoms with E-state index in [-0.39, 0.29) is 19.1 Å². The number of aliphatic hydroxyl groups is 1. The number of carboxylic acid groups (broad SMARTS) is 1. The van der Waals surface area contributed by atoms with Crippen LogP contribution in [0.15, 0.2) is 0 Å². The summed E-state index contributed by atoms with van der Waals surface area (Å²) in [5.74, 6) is -0.820. The molecule has 0 aliphatic carbocycles. The first-order chi connectivity index (χ1) is 6.72. The first-order valence-corrected chi connectivity index (χ1v) is 4.89. The molecule has 1 aliphatic rings. The second-order valence-corrected chi connectivity index (χ2v) is 3.47. The molecule has 1 rings (SSSR count). The predicted octanol–water partition coefficient (Wildman–Crippen LogP) is -0.456. The van der Waals surface area contributed by atoms with E-state index in [0.717, 1.165) is 19.5 Å². The minimum absolute atomic E-state index is 0.0651.